The number of rotatable bonds is 8. The van der Waals surface area contributed by atoms with Crippen LogP contribution in [0.3, 0.4) is 0 Å². The van der Waals surface area contributed by atoms with Gasteiger partial charge >= 0.3 is 0 Å². The number of aryl methyl sites for hydroxylation is 1. The van der Waals surface area contributed by atoms with E-state index in [1.54, 1.807) is 24.4 Å². The average Bonchev–Trinajstić information content (AvgIpc) is 2.74. The maximum absolute atomic E-state index is 13.0. The van der Waals surface area contributed by atoms with Crippen molar-refractivity contribution in [2.75, 3.05) is 11.8 Å². The van der Waals surface area contributed by atoms with E-state index >= 15 is 0 Å². The average molecular weight is 440 g/mol. The first-order chi connectivity index (χ1) is 14.8. The summed E-state index contributed by atoms with van der Waals surface area (Å²) in [5, 5.41) is 2.90. The van der Waals surface area contributed by atoms with Crippen LogP contribution in [0.2, 0.25) is 0 Å². The molecule has 0 aliphatic rings. The molecular formula is C23H25N3O4S. The molecule has 1 unspecified atom stereocenters. The largest absolute Gasteiger partial charge is 0.497 e. The van der Waals surface area contributed by atoms with Crippen LogP contribution in [0.4, 0.5) is 5.69 Å². The fourth-order valence-corrected chi connectivity index (χ4v) is 4.11. The number of aromatic nitrogens is 1. The Kier molecular flexibility index (Phi) is 6.91. The molecule has 1 amide bonds. The molecule has 3 aromatic rings. The number of anilines is 1. The number of hydrogen-bond acceptors (Lipinski definition) is 5. The summed E-state index contributed by atoms with van der Waals surface area (Å²) in [6, 6.07) is 16.5. The van der Waals surface area contributed by atoms with E-state index < -0.39 is 15.9 Å². The Balaban J connectivity index is 1.83. The van der Waals surface area contributed by atoms with Crippen LogP contribution in [-0.4, -0.2) is 32.5 Å². The van der Waals surface area contributed by atoms with Crippen LogP contribution in [0.25, 0.3) is 0 Å². The number of carbonyl (C=O) groups excluding carboxylic acids is 1. The van der Waals surface area contributed by atoms with Gasteiger partial charge in [0.1, 0.15) is 5.75 Å². The van der Waals surface area contributed by atoms with Gasteiger partial charge in [0.25, 0.3) is 15.9 Å². The summed E-state index contributed by atoms with van der Waals surface area (Å²) in [4.78, 5) is 17.4. The number of methoxy groups -OCH3 is 1. The topological polar surface area (TPSA) is 97.4 Å². The molecule has 1 heterocycles. The summed E-state index contributed by atoms with van der Waals surface area (Å²) in [6.45, 7) is 3.74. The Hall–Kier alpha value is -3.39. The summed E-state index contributed by atoms with van der Waals surface area (Å²) in [6.07, 6.45) is 2.24. The molecule has 3 rings (SSSR count). The number of sulfonamides is 1. The Morgan fingerprint density at radius 2 is 1.84 bits per heavy atom. The van der Waals surface area contributed by atoms with Gasteiger partial charge in [0, 0.05) is 24.4 Å². The van der Waals surface area contributed by atoms with Crippen LogP contribution in [-0.2, 0) is 16.4 Å². The van der Waals surface area contributed by atoms with E-state index in [9.17, 15) is 13.2 Å². The van der Waals surface area contributed by atoms with E-state index in [1.807, 2.05) is 32.0 Å². The van der Waals surface area contributed by atoms with Crippen molar-refractivity contribution >= 4 is 21.6 Å². The highest BCUT2D eigenvalue weighted by atomic mass is 32.2. The van der Waals surface area contributed by atoms with Crippen LogP contribution in [0.1, 0.15) is 28.5 Å². The van der Waals surface area contributed by atoms with Gasteiger partial charge in [0.15, 0.2) is 0 Å². The molecule has 0 radical (unpaired) electrons. The lowest BCUT2D eigenvalue weighted by atomic mass is 10.1. The van der Waals surface area contributed by atoms with Gasteiger partial charge in [-0.15, -0.1) is 0 Å². The molecule has 2 aromatic carbocycles. The fraction of sp³-hybridized carbons (Fsp3) is 0.217. The maximum atomic E-state index is 13.0. The highest BCUT2D eigenvalue weighted by Gasteiger charge is 2.21. The van der Waals surface area contributed by atoms with E-state index in [1.165, 1.54) is 31.4 Å². The number of nitrogens with zero attached hydrogens (tertiary/aromatic N) is 1. The third kappa shape index (κ3) is 5.82. The maximum Gasteiger partial charge on any atom is 0.261 e. The second-order valence-corrected chi connectivity index (χ2v) is 8.91. The minimum Gasteiger partial charge on any atom is -0.497 e. The molecule has 0 fully saturated rings. The van der Waals surface area contributed by atoms with E-state index in [-0.39, 0.29) is 22.2 Å². The van der Waals surface area contributed by atoms with E-state index in [0.29, 0.717) is 12.2 Å². The van der Waals surface area contributed by atoms with E-state index in [0.717, 1.165) is 11.3 Å². The van der Waals surface area contributed by atoms with Crippen molar-refractivity contribution in [3.8, 4) is 5.75 Å². The number of pyridine rings is 1. The molecule has 1 atom stereocenters. The Morgan fingerprint density at radius 1 is 1.10 bits per heavy atom. The minimum absolute atomic E-state index is 0.115. The summed E-state index contributed by atoms with van der Waals surface area (Å²) in [5.41, 5.74) is 2.14. The van der Waals surface area contributed by atoms with Crippen LogP contribution >= 0.6 is 0 Å². The minimum atomic E-state index is -3.86. The first kappa shape index (κ1) is 22.3. The Bertz CT molecular complexity index is 1150. The van der Waals surface area contributed by atoms with Crippen molar-refractivity contribution in [3.05, 3.63) is 83.7 Å². The molecule has 31 heavy (non-hydrogen) atoms. The molecule has 0 aliphatic carbocycles. The predicted octanol–water partition coefficient (Wildman–Crippen LogP) is 3.56. The number of ether oxygens (including phenoxy) is 1. The molecular weight excluding hydrogens is 414 g/mol. The van der Waals surface area contributed by atoms with Gasteiger partial charge in [0.05, 0.1) is 23.3 Å². The molecule has 0 aliphatic heterocycles. The summed E-state index contributed by atoms with van der Waals surface area (Å²) in [7, 11) is -2.38. The third-order valence-electron chi connectivity index (χ3n) is 4.67. The highest BCUT2D eigenvalue weighted by molar-refractivity contribution is 7.92. The van der Waals surface area contributed by atoms with Crippen molar-refractivity contribution < 1.29 is 17.9 Å². The van der Waals surface area contributed by atoms with Crippen LogP contribution in [0.5, 0.6) is 5.75 Å². The van der Waals surface area contributed by atoms with Crippen molar-refractivity contribution in [1.29, 1.82) is 0 Å². The number of amides is 1. The molecule has 2 N–H and O–H groups in total. The van der Waals surface area contributed by atoms with E-state index in [2.05, 4.69) is 15.0 Å². The third-order valence-corrected chi connectivity index (χ3v) is 6.05. The summed E-state index contributed by atoms with van der Waals surface area (Å²) >= 11 is 0. The van der Waals surface area contributed by atoms with Crippen molar-refractivity contribution in [2.24, 2.45) is 0 Å². The zero-order chi connectivity index (χ0) is 22.4. The lowest BCUT2D eigenvalue weighted by Crippen LogP contribution is -2.35. The van der Waals surface area contributed by atoms with Gasteiger partial charge in [-0.3, -0.25) is 14.5 Å². The molecule has 162 valence electrons. The number of hydrogen-bond donors (Lipinski definition) is 2. The van der Waals surface area contributed by atoms with Gasteiger partial charge in [-0.05, 0) is 56.3 Å². The second-order valence-electron chi connectivity index (χ2n) is 7.23. The molecule has 8 heteroatoms. The van der Waals surface area contributed by atoms with Gasteiger partial charge < -0.3 is 10.1 Å². The monoisotopic (exact) mass is 439 g/mol. The Labute approximate surface area is 182 Å². The van der Waals surface area contributed by atoms with Crippen LogP contribution < -0.4 is 14.8 Å². The van der Waals surface area contributed by atoms with Crippen molar-refractivity contribution in [1.82, 2.24) is 10.3 Å². The standard InChI is InChI=1S/C23H25N3O4S/c1-16-7-10-20(11-8-16)31(28,29)26-22-12-9-19(30-3)15-21(22)23(27)25-17(2)14-18-6-4-5-13-24-18/h4-13,15,17,26H,14H2,1-3H3,(H,25,27). The van der Waals surface area contributed by atoms with Gasteiger partial charge in [-0.25, -0.2) is 8.42 Å². The smallest absolute Gasteiger partial charge is 0.261 e. The quantitative estimate of drug-likeness (QED) is 0.559. The van der Waals surface area contributed by atoms with Crippen LogP contribution in [0.15, 0.2) is 71.8 Å². The molecule has 7 nitrogen and oxygen atoms in total. The molecule has 0 bridgehead atoms. The number of nitrogens with one attached hydrogen (secondary N) is 2. The van der Waals surface area contributed by atoms with Gasteiger partial charge in [-0.1, -0.05) is 23.8 Å². The summed E-state index contributed by atoms with van der Waals surface area (Å²) < 4.78 is 33.4. The molecule has 0 saturated heterocycles. The fourth-order valence-electron chi connectivity index (χ4n) is 3.03. The zero-order valence-corrected chi connectivity index (χ0v) is 18.4. The first-order valence-electron chi connectivity index (χ1n) is 9.77. The van der Waals surface area contributed by atoms with E-state index in [4.69, 9.17) is 4.74 Å². The molecule has 1 aromatic heterocycles. The number of carbonyl (C=O) groups is 1. The van der Waals surface area contributed by atoms with Gasteiger partial charge in [-0.2, -0.15) is 0 Å². The molecule has 0 saturated carbocycles. The summed E-state index contributed by atoms with van der Waals surface area (Å²) in [5.74, 6) is 0.0322. The molecule has 0 spiro atoms. The lowest BCUT2D eigenvalue weighted by Gasteiger charge is -2.17. The number of benzene rings is 2. The SMILES string of the molecule is COc1ccc(NS(=O)(=O)c2ccc(C)cc2)c(C(=O)NC(C)Cc2ccccn2)c1. The second kappa shape index (κ2) is 9.61. The van der Waals surface area contributed by atoms with Crippen LogP contribution in [0, 0.1) is 6.92 Å². The van der Waals surface area contributed by atoms with Crippen molar-refractivity contribution in [2.45, 2.75) is 31.2 Å². The van der Waals surface area contributed by atoms with Gasteiger partial charge in [0.2, 0.25) is 0 Å². The van der Waals surface area contributed by atoms with Crippen molar-refractivity contribution in [3.63, 3.8) is 0 Å². The highest BCUT2D eigenvalue weighted by Crippen LogP contribution is 2.25. The Morgan fingerprint density at radius 3 is 2.48 bits per heavy atom. The lowest BCUT2D eigenvalue weighted by molar-refractivity contribution is 0.0940. The zero-order valence-electron chi connectivity index (χ0n) is 17.6. The first-order valence-corrected chi connectivity index (χ1v) is 11.2. The predicted molar refractivity (Wildman–Crippen MR) is 120 cm³/mol. The normalized spacial score (nSPS) is 12.1.